The summed E-state index contributed by atoms with van der Waals surface area (Å²) in [5.74, 6) is 0.426. The first-order chi connectivity index (χ1) is 11.8. The largest absolute Gasteiger partial charge is 0.468 e. The molecule has 0 spiro atoms. The van der Waals surface area contributed by atoms with E-state index in [1.165, 1.54) is 18.3 Å². The number of hydrogen-bond acceptors (Lipinski definition) is 4. The summed E-state index contributed by atoms with van der Waals surface area (Å²) < 4.78 is 5.24. The maximum atomic E-state index is 12.8. The number of rotatable bonds is 3. The van der Waals surface area contributed by atoms with Gasteiger partial charge in [0.05, 0.1) is 25.2 Å². The zero-order valence-corrected chi connectivity index (χ0v) is 16.0. The van der Waals surface area contributed by atoms with Crippen LogP contribution < -0.4 is 0 Å². The highest BCUT2D eigenvalue weighted by Crippen LogP contribution is 2.63. The van der Waals surface area contributed by atoms with Crippen LogP contribution >= 0.6 is 0 Å². The Morgan fingerprint density at radius 1 is 1.36 bits per heavy atom. The molecule has 1 saturated carbocycles. The second-order valence-corrected chi connectivity index (χ2v) is 8.70. The molecule has 0 heterocycles. The van der Waals surface area contributed by atoms with E-state index in [-0.39, 0.29) is 23.9 Å². The maximum Gasteiger partial charge on any atom is 0.315 e. The molecule has 3 rings (SSSR count). The van der Waals surface area contributed by atoms with Gasteiger partial charge < -0.3 is 14.9 Å². The Kier molecular flexibility index (Phi) is 4.89. The summed E-state index contributed by atoms with van der Waals surface area (Å²) in [5.41, 5.74) is 2.78. The highest BCUT2D eigenvalue weighted by molar-refractivity contribution is 5.82. The van der Waals surface area contributed by atoms with E-state index in [1.54, 1.807) is 0 Å². The summed E-state index contributed by atoms with van der Waals surface area (Å²) in [6.07, 6.45) is 6.26. The van der Waals surface area contributed by atoms with Crippen molar-refractivity contribution in [1.29, 1.82) is 0 Å². The van der Waals surface area contributed by atoms with Crippen LogP contribution in [0.3, 0.4) is 0 Å². The average Bonchev–Trinajstić information content (AvgIpc) is 2.94. The number of ether oxygens (including phenoxy) is 1. The van der Waals surface area contributed by atoms with Crippen molar-refractivity contribution in [1.82, 2.24) is 0 Å². The first-order valence-corrected chi connectivity index (χ1v) is 9.59. The molecule has 0 aromatic carbocycles. The lowest BCUT2D eigenvalue weighted by Crippen LogP contribution is -2.50. The van der Waals surface area contributed by atoms with Crippen LogP contribution in [-0.2, 0) is 9.53 Å². The molecular weight excluding hydrogens is 316 g/mol. The molecular formula is C21H32O4. The number of esters is 1. The molecule has 2 N–H and O–H groups in total. The lowest BCUT2D eigenvalue weighted by Gasteiger charge is -2.51. The molecule has 4 nitrogen and oxygen atoms in total. The maximum absolute atomic E-state index is 12.8. The summed E-state index contributed by atoms with van der Waals surface area (Å²) in [7, 11) is 1.49. The van der Waals surface area contributed by atoms with Crippen LogP contribution in [0.5, 0.6) is 0 Å². The number of aliphatic hydroxyl groups excluding tert-OH is 2. The molecule has 4 atom stereocenters. The first kappa shape index (κ1) is 18.7. The third kappa shape index (κ3) is 2.69. The molecule has 4 heteroatoms. The molecule has 0 aromatic heterocycles. The van der Waals surface area contributed by atoms with Crippen LogP contribution in [0.15, 0.2) is 22.8 Å². The van der Waals surface area contributed by atoms with Crippen molar-refractivity contribution in [2.24, 2.45) is 22.7 Å². The van der Waals surface area contributed by atoms with Gasteiger partial charge in [0, 0.05) is 5.41 Å². The Morgan fingerprint density at radius 3 is 2.68 bits per heavy atom. The number of carbonyl (C=O) groups is 1. The number of fused-ring (bicyclic) bond motifs is 3. The highest BCUT2D eigenvalue weighted by Gasteiger charge is 2.59. The van der Waals surface area contributed by atoms with Crippen molar-refractivity contribution in [3.63, 3.8) is 0 Å². The molecule has 0 saturated heterocycles. The summed E-state index contributed by atoms with van der Waals surface area (Å²) in [4.78, 5) is 12.8. The van der Waals surface area contributed by atoms with Crippen LogP contribution in [0.2, 0.25) is 0 Å². The van der Waals surface area contributed by atoms with Gasteiger partial charge in [-0.05, 0) is 61.5 Å². The minimum Gasteiger partial charge on any atom is -0.468 e. The molecule has 0 amide bonds. The SMILES string of the molecule is COC(=O)[C@@]12CCC(C(C)C)=C1[C@@H]1CC=C(CO)C[C@H](O)[C@@]1(C)CC2. The van der Waals surface area contributed by atoms with Crippen LogP contribution in [0.25, 0.3) is 0 Å². The first-order valence-electron chi connectivity index (χ1n) is 9.59. The number of allylic oxidation sites excluding steroid dienone is 2. The van der Waals surface area contributed by atoms with E-state index in [4.69, 9.17) is 4.74 Å². The fraction of sp³-hybridized carbons (Fsp3) is 0.762. The minimum absolute atomic E-state index is 0.00189. The molecule has 0 unspecified atom stereocenters. The summed E-state index contributed by atoms with van der Waals surface area (Å²) in [6, 6.07) is 0. The molecule has 25 heavy (non-hydrogen) atoms. The smallest absolute Gasteiger partial charge is 0.315 e. The Bertz CT molecular complexity index is 617. The van der Waals surface area contributed by atoms with Crippen molar-refractivity contribution < 1.29 is 19.7 Å². The van der Waals surface area contributed by atoms with Crippen molar-refractivity contribution in [2.45, 2.75) is 65.4 Å². The van der Waals surface area contributed by atoms with Gasteiger partial charge in [-0.3, -0.25) is 4.79 Å². The molecule has 0 aromatic rings. The van der Waals surface area contributed by atoms with Gasteiger partial charge >= 0.3 is 5.97 Å². The molecule has 0 aliphatic heterocycles. The quantitative estimate of drug-likeness (QED) is 0.606. The number of methoxy groups -OCH3 is 1. The van der Waals surface area contributed by atoms with E-state index < -0.39 is 11.5 Å². The molecule has 140 valence electrons. The topological polar surface area (TPSA) is 66.8 Å². The Labute approximate surface area is 151 Å². The number of carbonyl (C=O) groups excluding carboxylic acids is 1. The van der Waals surface area contributed by atoms with Gasteiger partial charge in [-0.25, -0.2) is 0 Å². The third-order valence-electron chi connectivity index (χ3n) is 7.25. The zero-order valence-electron chi connectivity index (χ0n) is 16.0. The normalized spacial score (nSPS) is 38.1. The van der Waals surface area contributed by atoms with E-state index in [2.05, 4.69) is 26.8 Å². The molecule has 3 aliphatic rings. The Hall–Kier alpha value is -1.13. The van der Waals surface area contributed by atoms with Crippen LogP contribution in [-0.4, -0.2) is 36.0 Å². The van der Waals surface area contributed by atoms with Gasteiger partial charge in [0.2, 0.25) is 0 Å². The van der Waals surface area contributed by atoms with E-state index in [0.29, 0.717) is 12.3 Å². The lowest BCUT2D eigenvalue weighted by molar-refractivity contribution is -0.154. The van der Waals surface area contributed by atoms with Gasteiger partial charge in [-0.15, -0.1) is 0 Å². The fourth-order valence-corrected chi connectivity index (χ4v) is 5.60. The lowest BCUT2D eigenvalue weighted by atomic mass is 9.53. The molecule has 3 aliphatic carbocycles. The van der Waals surface area contributed by atoms with Gasteiger partial charge in [0.25, 0.3) is 0 Å². The van der Waals surface area contributed by atoms with Crippen LogP contribution in [0, 0.1) is 22.7 Å². The van der Waals surface area contributed by atoms with Gasteiger partial charge in [-0.2, -0.15) is 0 Å². The van der Waals surface area contributed by atoms with Gasteiger partial charge in [0.1, 0.15) is 0 Å². The van der Waals surface area contributed by atoms with Gasteiger partial charge in [0.15, 0.2) is 0 Å². The van der Waals surface area contributed by atoms with E-state index in [9.17, 15) is 15.0 Å². The predicted molar refractivity (Wildman–Crippen MR) is 96.8 cm³/mol. The Morgan fingerprint density at radius 2 is 2.08 bits per heavy atom. The van der Waals surface area contributed by atoms with E-state index in [1.807, 2.05) is 0 Å². The third-order valence-corrected chi connectivity index (χ3v) is 7.25. The monoisotopic (exact) mass is 348 g/mol. The Balaban J connectivity index is 2.15. The van der Waals surface area contributed by atoms with Crippen molar-refractivity contribution >= 4 is 5.97 Å². The van der Waals surface area contributed by atoms with E-state index in [0.717, 1.165) is 37.7 Å². The van der Waals surface area contributed by atoms with E-state index >= 15 is 0 Å². The zero-order chi connectivity index (χ0) is 18.4. The van der Waals surface area contributed by atoms with Crippen molar-refractivity contribution in [3.8, 4) is 0 Å². The minimum atomic E-state index is -0.504. The second-order valence-electron chi connectivity index (χ2n) is 8.70. The molecule has 0 radical (unpaired) electrons. The fourth-order valence-electron chi connectivity index (χ4n) is 5.60. The second kappa shape index (κ2) is 6.55. The van der Waals surface area contributed by atoms with Gasteiger partial charge in [-0.1, -0.05) is 32.4 Å². The predicted octanol–water partition coefficient (Wildman–Crippen LogP) is 3.38. The summed E-state index contributed by atoms with van der Waals surface area (Å²) >= 11 is 0. The molecule has 0 bridgehead atoms. The van der Waals surface area contributed by atoms with Crippen molar-refractivity contribution in [3.05, 3.63) is 22.8 Å². The summed E-state index contributed by atoms with van der Waals surface area (Å²) in [5, 5.41) is 20.6. The standard InChI is InChI=1S/C21H32O4/c1-13(2)15-7-8-21(19(24)25-4)10-9-20(3)16(18(15)21)6-5-14(12-22)11-17(20)23/h5,13,16-17,22-23H,6-12H2,1-4H3/t16-,17-,20-,21+/m0/s1. The molecule has 1 fully saturated rings. The number of aliphatic hydroxyl groups is 2. The van der Waals surface area contributed by atoms with Crippen molar-refractivity contribution in [2.75, 3.05) is 13.7 Å². The highest BCUT2D eigenvalue weighted by atomic mass is 16.5. The van der Waals surface area contributed by atoms with Crippen LogP contribution in [0.4, 0.5) is 0 Å². The summed E-state index contributed by atoms with van der Waals surface area (Å²) in [6.45, 7) is 6.56. The average molecular weight is 348 g/mol. The van der Waals surface area contributed by atoms with Crippen LogP contribution in [0.1, 0.15) is 59.3 Å². The number of hydrogen-bond donors (Lipinski definition) is 2.